The number of H-pyrrole nitrogens is 1. The molecule has 1 aromatic heterocycles. The first kappa shape index (κ1) is 10.9. The number of rotatable bonds is 1. The molecule has 4 nitrogen and oxygen atoms in total. The number of hydrogen-bond donors (Lipinski definition) is 1. The van der Waals surface area contributed by atoms with Crippen LogP contribution in [0.4, 0.5) is 13.2 Å². The van der Waals surface area contributed by atoms with Gasteiger partial charge in [-0.25, -0.2) is 13.4 Å². The largest absolute Gasteiger partial charge is 0.501 e. The van der Waals surface area contributed by atoms with Crippen LogP contribution in [0.2, 0.25) is 0 Å². The SMILES string of the molecule is O=S(=O)(c1ccc2nc[nH]c2c1)C(F)(F)F. The summed E-state index contributed by atoms with van der Waals surface area (Å²) in [4.78, 5) is 5.52. The Kier molecular flexibility index (Phi) is 2.19. The third-order valence-corrected chi connectivity index (χ3v) is 3.49. The van der Waals surface area contributed by atoms with Gasteiger partial charge in [-0.2, -0.15) is 13.2 Å². The van der Waals surface area contributed by atoms with Crippen molar-refractivity contribution in [3.05, 3.63) is 24.5 Å². The number of sulfone groups is 1. The van der Waals surface area contributed by atoms with E-state index in [1.165, 1.54) is 12.4 Å². The first-order valence-electron chi connectivity index (χ1n) is 4.07. The molecule has 0 bridgehead atoms. The van der Waals surface area contributed by atoms with Crippen LogP contribution in [-0.2, 0) is 9.84 Å². The highest BCUT2D eigenvalue weighted by Gasteiger charge is 2.46. The maximum Gasteiger partial charge on any atom is 0.501 e. The summed E-state index contributed by atoms with van der Waals surface area (Å²) in [6, 6.07) is 3.00. The minimum absolute atomic E-state index is 0.241. The fraction of sp³-hybridized carbons (Fsp3) is 0.125. The molecule has 8 heteroatoms. The molecular weight excluding hydrogens is 245 g/mol. The number of benzene rings is 1. The lowest BCUT2D eigenvalue weighted by molar-refractivity contribution is -0.0435. The smallest absolute Gasteiger partial charge is 0.345 e. The van der Waals surface area contributed by atoms with Gasteiger partial charge < -0.3 is 4.98 Å². The van der Waals surface area contributed by atoms with E-state index in [1.54, 1.807) is 0 Å². The van der Waals surface area contributed by atoms with Gasteiger partial charge in [0.1, 0.15) is 0 Å². The number of aromatic nitrogens is 2. The molecule has 0 aliphatic carbocycles. The van der Waals surface area contributed by atoms with Crippen LogP contribution in [-0.4, -0.2) is 23.9 Å². The van der Waals surface area contributed by atoms with E-state index in [-0.39, 0.29) is 5.52 Å². The summed E-state index contributed by atoms with van der Waals surface area (Å²) in [6.45, 7) is 0. The van der Waals surface area contributed by atoms with Gasteiger partial charge in [0.05, 0.1) is 22.3 Å². The molecule has 2 aromatic rings. The van der Waals surface area contributed by atoms with Gasteiger partial charge in [-0.1, -0.05) is 0 Å². The van der Waals surface area contributed by atoms with Crippen LogP contribution in [0.25, 0.3) is 11.0 Å². The maximum atomic E-state index is 12.2. The van der Waals surface area contributed by atoms with Gasteiger partial charge in [0.15, 0.2) is 0 Å². The highest BCUT2D eigenvalue weighted by atomic mass is 32.2. The quantitative estimate of drug-likeness (QED) is 0.840. The number of halogens is 3. The summed E-state index contributed by atoms with van der Waals surface area (Å²) in [7, 11) is -5.29. The van der Waals surface area contributed by atoms with Crippen LogP contribution in [0.3, 0.4) is 0 Å². The molecule has 86 valence electrons. The Morgan fingerprint density at radius 3 is 2.56 bits per heavy atom. The minimum atomic E-state index is -5.29. The monoisotopic (exact) mass is 250 g/mol. The average molecular weight is 250 g/mol. The Hall–Kier alpha value is -1.57. The summed E-state index contributed by atoms with van der Waals surface area (Å²) in [5.41, 5.74) is -4.65. The molecule has 0 spiro atoms. The van der Waals surface area contributed by atoms with Crippen LogP contribution < -0.4 is 0 Å². The number of nitrogens with one attached hydrogen (secondary N) is 1. The Bertz CT molecular complexity index is 630. The Labute approximate surface area is 88.0 Å². The normalized spacial score (nSPS) is 13.2. The lowest BCUT2D eigenvalue weighted by Crippen LogP contribution is -2.23. The standard InChI is InChI=1S/C8H5F3N2O2S/c9-8(10,11)16(14,15)5-1-2-6-7(3-5)13-4-12-6/h1-4H,(H,12,13). The van der Waals surface area contributed by atoms with Crippen molar-refractivity contribution in [2.45, 2.75) is 10.4 Å². The topological polar surface area (TPSA) is 62.8 Å². The van der Waals surface area contributed by atoms with Crippen LogP contribution in [0.5, 0.6) is 0 Å². The van der Waals surface area contributed by atoms with Gasteiger partial charge >= 0.3 is 5.51 Å². The van der Waals surface area contributed by atoms with Crippen molar-refractivity contribution >= 4 is 20.9 Å². The van der Waals surface area contributed by atoms with Gasteiger partial charge in [-0.3, -0.25) is 0 Å². The van der Waals surface area contributed by atoms with Gasteiger partial charge in [-0.15, -0.1) is 0 Å². The van der Waals surface area contributed by atoms with Crippen LogP contribution in [0.1, 0.15) is 0 Å². The van der Waals surface area contributed by atoms with Crippen molar-refractivity contribution in [2.75, 3.05) is 0 Å². The second kappa shape index (κ2) is 3.21. The van der Waals surface area contributed by atoms with E-state index in [9.17, 15) is 21.6 Å². The summed E-state index contributed by atoms with van der Waals surface area (Å²) in [5.74, 6) is 0. The van der Waals surface area contributed by atoms with Crippen molar-refractivity contribution in [3.63, 3.8) is 0 Å². The number of imidazole rings is 1. The zero-order valence-electron chi connectivity index (χ0n) is 7.62. The summed E-state index contributed by atoms with van der Waals surface area (Å²) >= 11 is 0. The summed E-state index contributed by atoms with van der Waals surface area (Å²) in [5, 5.41) is 0. The molecule has 1 N–H and O–H groups in total. The molecule has 0 saturated heterocycles. The first-order valence-corrected chi connectivity index (χ1v) is 5.55. The second-order valence-electron chi connectivity index (χ2n) is 3.03. The van der Waals surface area contributed by atoms with E-state index < -0.39 is 20.2 Å². The molecule has 0 aliphatic heterocycles. The predicted molar refractivity (Wildman–Crippen MR) is 49.3 cm³/mol. The number of aromatic amines is 1. The number of hydrogen-bond acceptors (Lipinski definition) is 3. The van der Waals surface area contributed by atoms with E-state index in [1.807, 2.05) is 0 Å². The predicted octanol–water partition coefficient (Wildman–Crippen LogP) is 1.86. The highest BCUT2D eigenvalue weighted by Crippen LogP contribution is 2.31. The van der Waals surface area contributed by atoms with Crippen LogP contribution in [0.15, 0.2) is 29.4 Å². The fourth-order valence-electron chi connectivity index (χ4n) is 1.22. The van der Waals surface area contributed by atoms with Crippen LogP contribution in [0, 0.1) is 0 Å². The summed E-state index contributed by atoms with van der Waals surface area (Å²) in [6.07, 6.45) is 1.27. The molecular formula is C8H5F3N2O2S. The fourth-order valence-corrected chi connectivity index (χ4v) is 2.00. The average Bonchev–Trinajstić information content (AvgIpc) is 2.61. The molecule has 16 heavy (non-hydrogen) atoms. The summed E-state index contributed by atoms with van der Waals surface area (Å²) < 4.78 is 58.8. The number of fused-ring (bicyclic) bond motifs is 1. The van der Waals surface area contributed by atoms with Crippen molar-refractivity contribution in [1.29, 1.82) is 0 Å². The van der Waals surface area contributed by atoms with Crippen molar-refractivity contribution in [2.24, 2.45) is 0 Å². The van der Waals surface area contributed by atoms with E-state index in [0.29, 0.717) is 5.52 Å². The van der Waals surface area contributed by atoms with E-state index >= 15 is 0 Å². The van der Waals surface area contributed by atoms with E-state index in [2.05, 4.69) is 9.97 Å². The van der Waals surface area contributed by atoms with Crippen molar-refractivity contribution in [3.8, 4) is 0 Å². The van der Waals surface area contributed by atoms with Crippen LogP contribution >= 0.6 is 0 Å². The lowest BCUT2D eigenvalue weighted by Gasteiger charge is -2.07. The maximum absolute atomic E-state index is 12.2. The third-order valence-electron chi connectivity index (χ3n) is 2.01. The molecule has 0 unspecified atom stereocenters. The molecule has 0 radical (unpaired) electrons. The Morgan fingerprint density at radius 1 is 1.25 bits per heavy atom. The third kappa shape index (κ3) is 1.54. The Balaban J connectivity index is 2.64. The van der Waals surface area contributed by atoms with E-state index in [4.69, 9.17) is 0 Å². The zero-order chi connectivity index (χ0) is 12.0. The van der Waals surface area contributed by atoms with Gasteiger partial charge in [-0.05, 0) is 18.2 Å². The van der Waals surface area contributed by atoms with Gasteiger partial charge in [0, 0.05) is 0 Å². The molecule has 1 aromatic carbocycles. The number of nitrogens with zero attached hydrogens (tertiary/aromatic N) is 1. The van der Waals surface area contributed by atoms with Crippen molar-refractivity contribution < 1.29 is 21.6 Å². The molecule has 1 heterocycles. The molecule has 0 atom stereocenters. The minimum Gasteiger partial charge on any atom is -0.345 e. The Morgan fingerprint density at radius 2 is 1.94 bits per heavy atom. The molecule has 0 saturated carbocycles. The van der Waals surface area contributed by atoms with Gasteiger partial charge in [0.25, 0.3) is 9.84 Å². The zero-order valence-corrected chi connectivity index (χ0v) is 8.43. The van der Waals surface area contributed by atoms with Gasteiger partial charge in [0.2, 0.25) is 0 Å². The first-order chi connectivity index (χ1) is 7.32. The van der Waals surface area contributed by atoms with Crippen molar-refractivity contribution in [1.82, 2.24) is 9.97 Å². The molecule has 2 rings (SSSR count). The highest BCUT2D eigenvalue weighted by molar-refractivity contribution is 7.92. The lowest BCUT2D eigenvalue weighted by atomic mass is 10.3. The second-order valence-corrected chi connectivity index (χ2v) is 4.97. The molecule has 0 aliphatic rings. The molecule has 0 amide bonds. The number of alkyl halides is 3. The van der Waals surface area contributed by atoms with E-state index in [0.717, 1.165) is 12.1 Å². The molecule has 0 fully saturated rings.